The van der Waals surface area contributed by atoms with E-state index in [-0.39, 0.29) is 35.2 Å². The van der Waals surface area contributed by atoms with Gasteiger partial charge in [0.05, 0.1) is 6.20 Å². The van der Waals surface area contributed by atoms with Gasteiger partial charge in [0.15, 0.2) is 5.96 Å². The molecule has 1 aromatic carbocycles. The second-order valence-electron chi connectivity index (χ2n) is 7.31. The molecule has 2 aromatic rings. The van der Waals surface area contributed by atoms with Gasteiger partial charge in [-0.2, -0.15) is 0 Å². The summed E-state index contributed by atoms with van der Waals surface area (Å²) >= 11 is 0. The van der Waals surface area contributed by atoms with E-state index in [1.54, 1.807) is 12.3 Å². The van der Waals surface area contributed by atoms with Gasteiger partial charge in [0, 0.05) is 18.5 Å². The third-order valence-corrected chi connectivity index (χ3v) is 4.00. The molecule has 0 aliphatic carbocycles. The largest absolute Gasteiger partial charge is 0.443 e. The van der Waals surface area contributed by atoms with E-state index in [9.17, 15) is 4.39 Å². The number of nitrogens with one attached hydrogen (secondary N) is 2. The Balaban J connectivity index is 0.00000364. The third kappa shape index (κ3) is 7.48. The minimum atomic E-state index is -0.199. The molecular weight excluding hydrogens is 458 g/mol. The highest BCUT2D eigenvalue weighted by atomic mass is 127. The summed E-state index contributed by atoms with van der Waals surface area (Å²) in [5, 5.41) is 6.50. The van der Waals surface area contributed by atoms with Crippen molar-refractivity contribution in [2.45, 2.75) is 53.0 Å². The van der Waals surface area contributed by atoms with Crippen LogP contribution in [0, 0.1) is 12.7 Å². The highest BCUT2D eigenvalue weighted by Gasteiger charge is 2.19. The Morgan fingerprint density at radius 2 is 2.00 bits per heavy atom. The van der Waals surface area contributed by atoms with Crippen LogP contribution in [-0.4, -0.2) is 24.0 Å². The lowest BCUT2D eigenvalue weighted by Gasteiger charge is -2.13. The Morgan fingerprint density at radius 3 is 2.59 bits per heavy atom. The topological polar surface area (TPSA) is 62.5 Å². The van der Waals surface area contributed by atoms with Crippen LogP contribution in [0.4, 0.5) is 4.39 Å². The van der Waals surface area contributed by atoms with Crippen molar-refractivity contribution in [2.75, 3.05) is 13.1 Å². The molecule has 0 saturated carbocycles. The van der Waals surface area contributed by atoms with Gasteiger partial charge in [-0.15, -0.1) is 24.0 Å². The Morgan fingerprint density at radius 1 is 1.26 bits per heavy atom. The molecule has 1 heterocycles. The molecule has 5 nitrogen and oxygen atoms in total. The number of oxazole rings is 1. The zero-order valence-electron chi connectivity index (χ0n) is 16.7. The number of hydrogen-bond donors (Lipinski definition) is 2. The first-order chi connectivity index (χ1) is 12.3. The smallest absolute Gasteiger partial charge is 0.216 e. The molecule has 0 fully saturated rings. The highest BCUT2D eigenvalue weighted by Crippen LogP contribution is 2.22. The van der Waals surface area contributed by atoms with Crippen molar-refractivity contribution in [3.05, 3.63) is 53.0 Å². The van der Waals surface area contributed by atoms with Crippen LogP contribution in [0.25, 0.3) is 0 Å². The summed E-state index contributed by atoms with van der Waals surface area (Å²) in [6.45, 7) is 12.0. The van der Waals surface area contributed by atoms with Crippen LogP contribution in [-0.2, 0) is 18.4 Å². The van der Waals surface area contributed by atoms with E-state index in [0.29, 0.717) is 24.9 Å². The number of halogens is 2. The zero-order valence-corrected chi connectivity index (χ0v) is 19.1. The van der Waals surface area contributed by atoms with Crippen LogP contribution in [0.5, 0.6) is 0 Å². The maximum atomic E-state index is 13.2. The van der Waals surface area contributed by atoms with Gasteiger partial charge in [-0.3, -0.25) is 0 Å². The maximum Gasteiger partial charge on any atom is 0.216 e. The molecule has 0 amide bonds. The number of nitrogens with zero attached hydrogens (tertiary/aromatic N) is 2. The fourth-order valence-corrected chi connectivity index (χ4v) is 2.47. The quantitative estimate of drug-likeness (QED) is 0.361. The van der Waals surface area contributed by atoms with Crippen molar-refractivity contribution >= 4 is 29.9 Å². The molecule has 0 saturated heterocycles. The molecule has 2 rings (SSSR count). The zero-order chi connectivity index (χ0) is 19.2. The van der Waals surface area contributed by atoms with Crippen molar-refractivity contribution in [1.82, 2.24) is 15.6 Å². The molecule has 1 aromatic heterocycles. The van der Waals surface area contributed by atoms with Crippen LogP contribution in [0.15, 0.2) is 33.8 Å². The first-order valence-electron chi connectivity index (χ1n) is 9.02. The van der Waals surface area contributed by atoms with Crippen molar-refractivity contribution in [3.8, 4) is 0 Å². The van der Waals surface area contributed by atoms with Gasteiger partial charge >= 0.3 is 0 Å². The van der Waals surface area contributed by atoms with Crippen molar-refractivity contribution in [2.24, 2.45) is 4.99 Å². The van der Waals surface area contributed by atoms with Gasteiger partial charge in [0.25, 0.3) is 0 Å². The second kappa shape index (κ2) is 10.6. The number of aliphatic imine (C=N–C) groups is 1. The van der Waals surface area contributed by atoms with Crippen molar-refractivity contribution < 1.29 is 8.81 Å². The first kappa shape index (κ1) is 23.4. The highest BCUT2D eigenvalue weighted by molar-refractivity contribution is 14.0. The fraction of sp³-hybridized carbons (Fsp3) is 0.500. The third-order valence-electron chi connectivity index (χ3n) is 4.00. The van der Waals surface area contributed by atoms with Crippen LogP contribution in [0.3, 0.4) is 0 Å². The van der Waals surface area contributed by atoms with Crippen LogP contribution in [0.1, 0.15) is 50.5 Å². The molecule has 0 spiro atoms. The Labute approximate surface area is 178 Å². The molecule has 150 valence electrons. The molecular formula is C20H30FIN4O. The molecule has 0 unspecified atom stereocenters. The fourth-order valence-electron chi connectivity index (χ4n) is 2.47. The lowest BCUT2D eigenvalue weighted by Crippen LogP contribution is -2.38. The summed E-state index contributed by atoms with van der Waals surface area (Å²) in [4.78, 5) is 8.82. The molecule has 0 radical (unpaired) electrons. The molecule has 7 heteroatoms. The summed E-state index contributed by atoms with van der Waals surface area (Å²) in [6.07, 6.45) is 2.56. The molecule has 0 aliphatic rings. The normalized spacial score (nSPS) is 11.9. The van der Waals surface area contributed by atoms with Crippen LogP contribution >= 0.6 is 24.0 Å². The minimum absolute atomic E-state index is 0. The standard InChI is InChI=1S/C20H29FN4O.HI/c1-6-22-19(23-10-9-15-7-8-16(21)11-14(15)2)25-13-18-24-12-17(26-18)20(3,4)5;/h7-8,11-12H,6,9-10,13H2,1-5H3,(H2,22,23,25);1H. The predicted octanol–water partition coefficient (Wildman–Crippen LogP) is 4.34. The Kier molecular flexibility index (Phi) is 9.21. The predicted molar refractivity (Wildman–Crippen MR) is 118 cm³/mol. The Hall–Kier alpha value is -1.64. The van der Waals surface area contributed by atoms with E-state index < -0.39 is 0 Å². The number of aromatic nitrogens is 1. The van der Waals surface area contributed by atoms with Gasteiger partial charge in [-0.1, -0.05) is 26.8 Å². The van der Waals surface area contributed by atoms with E-state index in [0.717, 1.165) is 29.9 Å². The van der Waals surface area contributed by atoms with Crippen LogP contribution < -0.4 is 10.6 Å². The van der Waals surface area contributed by atoms with Crippen molar-refractivity contribution in [3.63, 3.8) is 0 Å². The van der Waals surface area contributed by atoms with E-state index in [4.69, 9.17) is 4.42 Å². The summed E-state index contributed by atoms with van der Waals surface area (Å²) in [5.41, 5.74) is 2.02. The number of aryl methyl sites for hydroxylation is 1. The number of hydrogen-bond acceptors (Lipinski definition) is 3. The summed E-state index contributed by atoms with van der Waals surface area (Å²) in [5.74, 6) is 1.96. The molecule has 0 bridgehead atoms. The van der Waals surface area contributed by atoms with E-state index in [1.807, 2.05) is 19.9 Å². The molecule has 0 aliphatic heterocycles. The monoisotopic (exact) mass is 488 g/mol. The summed E-state index contributed by atoms with van der Waals surface area (Å²) in [6, 6.07) is 4.89. The van der Waals surface area contributed by atoms with Gasteiger partial charge in [0.2, 0.25) is 5.89 Å². The van der Waals surface area contributed by atoms with E-state index in [1.165, 1.54) is 6.07 Å². The molecule has 0 atom stereocenters. The van der Waals surface area contributed by atoms with Crippen molar-refractivity contribution in [1.29, 1.82) is 0 Å². The van der Waals surface area contributed by atoms with Gasteiger partial charge in [-0.05, 0) is 43.5 Å². The van der Waals surface area contributed by atoms with Gasteiger partial charge in [0.1, 0.15) is 18.1 Å². The lowest BCUT2D eigenvalue weighted by molar-refractivity contribution is 0.383. The lowest BCUT2D eigenvalue weighted by atomic mass is 9.94. The van der Waals surface area contributed by atoms with E-state index in [2.05, 4.69) is 41.4 Å². The van der Waals surface area contributed by atoms with Crippen LogP contribution in [0.2, 0.25) is 0 Å². The van der Waals surface area contributed by atoms with E-state index >= 15 is 0 Å². The average molecular weight is 488 g/mol. The first-order valence-corrected chi connectivity index (χ1v) is 9.02. The van der Waals surface area contributed by atoms with Gasteiger partial charge in [-0.25, -0.2) is 14.4 Å². The number of benzene rings is 1. The SMILES string of the molecule is CCNC(=NCc1ncc(C(C)(C)C)o1)NCCc1ccc(F)cc1C.I. The Bertz CT molecular complexity index is 753. The minimum Gasteiger partial charge on any atom is -0.443 e. The maximum absolute atomic E-state index is 13.2. The average Bonchev–Trinajstić information content (AvgIpc) is 3.04. The summed E-state index contributed by atoms with van der Waals surface area (Å²) < 4.78 is 18.9. The summed E-state index contributed by atoms with van der Waals surface area (Å²) in [7, 11) is 0. The number of guanidine groups is 1. The second-order valence-corrected chi connectivity index (χ2v) is 7.31. The molecule has 27 heavy (non-hydrogen) atoms. The van der Waals surface area contributed by atoms with Gasteiger partial charge < -0.3 is 15.1 Å². The molecule has 2 N–H and O–H groups in total. The number of rotatable bonds is 6.